The number of alkyl halides is 1. The number of ketones is 2. The van der Waals surface area contributed by atoms with Gasteiger partial charge in [-0.15, -0.1) is 0 Å². The fourth-order valence-corrected chi connectivity index (χ4v) is 7.50. The van der Waals surface area contributed by atoms with Gasteiger partial charge in [0, 0.05) is 23.7 Å². The van der Waals surface area contributed by atoms with Crippen LogP contribution in [0.1, 0.15) is 53.4 Å². The molecule has 0 aromatic rings. The number of rotatable bonds is 3. The molecule has 0 saturated heterocycles. The van der Waals surface area contributed by atoms with Gasteiger partial charge < -0.3 is 14.9 Å². The van der Waals surface area contributed by atoms with E-state index in [1.54, 1.807) is 13.8 Å². The Morgan fingerprint density at radius 3 is 2.56 bits per heavy atom. The number of carbonyl (C=O) groups is 3. The van der Waals surface area contributed by atoms with Crippen molar-refractivity contribution in [2.45, 2.75) is 70.8 Å². The zero-order valence-electron chi connectivity index (χ0n) is 18.8. The Morgan fingerprint density at radius 2 is 1.94 bits per heavy atom. The number of hydrogen-bond acceptors (Lipinski definition) is 6. The van der Waals surface area contributed by atoms with Crippen LogP contribution in [0.2, 0.25) is 0 Å². The molecule has 0 amide bonds. The molecule has 176 valence electrons. The highest BCUT2D eigenvalue weighted by atomic mass is 19.1. The minimum atomic E-state index is -2.26. The van der Waals surface area contributed by atoms with E-state index in [1.807, 2.05) is 0 Å². The second kappa shape index (κ2) is 7.03. The highest BCUT2D eigenvalue weighted by Crippen LogP contribution is 2.71. The first-order chi connectivity index (χ1) is 14.7. The van der Waals surface area contributed by atoms with Crippen molar-refractivity contribution < 1.29 is 38.1 Å². The summed E-state index contributed by atoms with van der Waals surface area (Å²) in [7, 11) is 0. The molecule has 2 N–H and O–H groups in total. The number of Topliss-reactive ketones (excluding diaryl/α,β-unsaturated/α-hetero) is 1. The first-order valence-corrected chi connectivity index (χ1v) is 11.1. The Labute approximate surface area is 185 Å². The van der Waals surface area contributed by atoms with Gasteiger partial charge in [-0.3, -0.25) is 14.4 Å². The number of aliphatic hydroxyl groups excluding tert-OH is 1. The van der Waals surface area contributed by atoms with Gasteiger partial charge >= 0.3 is 5.97 Å². The van der Waals surface area contributed by atoms with E-state index in [2.05, 4.69) is 0 Å². The van der Waals surface area contributed by atoms with Crippen LogP contribution >= 0.6 is 0 Å². The zero-order chi connectivity index (χ0) is 23.9. The van der Waals surface area contributed by atoms with Crippen LogP contribution in [-0.2, 0) is 19.1 Å². The monoisotopic (exact) mass is 452 g/mol. The summed E-state index contributed by atoms with van der Waals surface area (Å²) in [5, 5.41) is 22.9. The third-order valence-corrected chi connectivity index (χ3v) is 9.15. The van der Waals surface area contributed by atoms with Crippen LogP contribution in [0.25, 0.3) is 0 Å². The molecule has 0 aromatic carbocycles. The second-order valence-corrected chi connectivity index (χ2v) is 10.5. The molecule has 0 aromatic heterocycles. The van der Waals surface area contributed by atoms with Crippen LogP contribution in [0.4, 0.5) is 8.78 Å². The van der Waals surface area contributed by atoms with Crippen molar-refractivity contribution in [1.29, 1.82) is 0 Å². The summed E-state index contributed by atoms with van der Waals surface area (Å²) < 4.78 is 36.6. The number of hydrogen-bond donors (Lipinski definition) is 2. The van der Waals surface area contributed by atoms with Gasteiger partial charge in [0.05, 0.1) is 6.10 Å². The third kappa shape index (κ3) is 2.59. The predicted molar refractivity (Wildman–Crippen MR) is 110 cm³/mol. The van der Waals surface area contributed by atoms with Gasteiger partial charge in [0.25, 0.3) is 0 Å². The summed E-state index contributed by atoms with van der Waals surface area (Å²) in [6.45, 7) is 5.47. The lowest BCUT2D eigenvalue weighted by Crippen LogP contribution is -2.69. The van der Waals surface area contributed by atoms with Gasteiger partial charge in [-0.25, -0.2) is 8.78 Å². The molecule has 4 rings (SSSR count). The predicted octanol–water partition coefficient (Wildman–Crippen LogP) is 2.76. The summed E-state index contributed by atoms with van der Waals surface area (Å²) in [6.07, 6.45) is 1.25. The molecule has 6 nitrogen and oxygen atoms in total. The van der Waals surface area contributed by atoms with Gasteiger partial charge in [-0.1, -0.05) is 19.9 Å². The molecule has 0 spiro atoms. The average molecular weight is 452 g/mol. The molecular formula is C24H30F2O6. The normalized spacial score (nSPS) is 47.6. The van der Waals surface area contributed by atoms with Gasteiger partial charge in [0.1, 0.15) is 5.60 Å². The maximum atomic E-state index is 17.0. The molecule has 32 heavy (non-hydrogen) atoms. The van der Waals surface area contributed by atoms with Crippen LogP contribution in [0, 0.1) is 28.6 Å². The third-order valence-electron chi connectivity index (χ3n) is 9.15. The van der Waals surface area contributed by atoms with Gasteiger partial charge in [0.2, 0.25) is 11.6 Å². The molecular weight excluding hydrogens is 422 g/mol. The number of halogens is 2. The zero-order valence-corrected chi connectivity index (χ0v) is 18.8. The molecule has 0 heterocycles. The van der Waals surface area contributed by atoms with E-state index in [0.29, 0.717) is 6.42 Å². The summed E-state index contributed by atoms with van der Waals surface area (Å²) in [4.78, 5) is 36.1. The highest BCUT2D eigenvalue weighted by Gasteiger charge is 2.75. The van der Waals surface area contributed by atoms with Crippen LogP contribution in [-0.4, -0.2) is 51.7 Å². The number of ether oxygens (including phenoxy) is 1. The van der Waals surface area contributed by atoms with E-state index in [1.165, 1.54) is 13.0 Å². The number of allylic oxidation sites excluding steroid dienone is 4. The Morgan fingerprint density at radius 1 is 1.28 bits per heavy atom. The van der Waals surface area contributed by atoms with E-state index in [9.17, 15) is 29.0 Å². The van der Waals surface area contributed by atoms with E-state index in [4.69, 9.17) is 4.74 Å². The molecule has 8 atom stereocenters. The maximum absolute atomic E-state index is 17.0. The Kier molecular flexibility index (Phi) is 5.11. The van der Waals surface area contributed by atoms with Crippen molar-refractivity contribution >= 4 is 17.5 Å². The summed E-state index contributed by atoms with van der Waals surface area (Å²) >= 11 is 0. The lowest BCUT2D eigenvalue weighted by Gasteiger charge is -2.62. The van der Waals surface area contributed by atoms with Crippen LogP contribution in [0.5, 0.6) is 0 Å². The Balaban J connectivity index is 1.78. The number of carbonyl (C=O) groups excluding carboxylic acids is 3. The van der Waals surface area contributed by atoms with Crippen molar-refractivity contribution in [1.82, 2.24) is 0 Å². The van der Waals surface area contributed by atoms with Crippen molar-refractivity contribution in [2.24, 2.45) is 28.6 Å². The van der Waals surface area contributed by atoms with E-state index < -0.39 is 75.9 Å². The molecule has 4 aliphatic rings. The van der Waals surface area contributed by atoms with Gasteiger partial charge in [-0.05, 0) is 56.1 Å². The van der Waals surface area contributed by atoms with E-state index in [0.717, 1.165) is 13.0 Å². The number of fused-ring (bicyclic) bond motifs is 5. The van der Waals surface area contributed by atoms with Crippen LogP contribution in [0.15, 0.2) is 23.6 Å². The number of esters is 1. The van der Waals surface area contributed by atoms with E-state index >= 15 is 4.39 Å². The summed E-state index contributed by atoms with van der Waals surface area (Å²) in [5.74, 6) is -4.85. The summed E-state index contributed by atoms with van der Waals surface area (Å²) in [6, 6.07) is 0. The molecule has 8 heteroatoms. The molecule has 0 aliphatic heterocycles. The minimum absolute atomic E-state index is 0.0682. The Bertz CT molecular complexity index is 958. The maximum Gasteiger partial charge on any atom is 0.303 e. The van der Waals surface area contributed by atoms with Crippen molar-refractivity contribution in [3.05, 3.63) is 23.6 Å². The van der Waals surface area contributed by atoms with Gasteiger partial charge in [-0.2, -0.15) is 0 Å². The molecule has 0 bridgehead atoms. The quantitative estimate of drug-likeness (QED) is 0.639. The van der Waals surface area contributed by atoms with Crippen molar-refractivity contribution in [3.8, 4) is 0 Å². The molecule has 4 aliphatic carbocycles. The fraction of sp³-hybridized carbons (Fsp3) is 0.708. The first kappa shape index (κ1) is 23.2. The van der Waals surface area contributed by atoms with Crippen LogP contribution < -0.4 is 0 Å². The largest absolute Gasteiger partial charge is 0.458 e. The van der Waals surface area contributed by atoms with Crippen molar-refractivity contribution in [3.63, 3.8) is 0 Å². The summed E-state index contributed by atoms with van der Waals surface area (Å²) in [5.41, 5.74) is -6.76. The standard InChI is InChI=1S/C24H30F2O6/c1-12-9-16-14-5-6-15-20(25)17(28)7-8-21(15,3)23(14,26)18(29)10-22(16,4)24(12,31)19(30)11-32-13(2)27/h7-8,12,14,16,18,29,31H,5-6,9-11H2,1-4H3/t12-,14-,16-,18-,21-,22-,23-,24-/m0/s1. The lowest BCUT2D eigenvalue weighted by molar-refractivity contribution is -0.220. The Hall–Kier alpha value is -1.93. The van der Waals surface area contributed by atoms with E-state index in [-0.39, 0.29) is 24.8 Å². The number of aliphatic hydroxyl groups is 2. The molecule has 3 fully saturated rings. The lowest BCUT2D eigenvalue weighted by atomic mass is 9.44. The fourth-order valence-electron chi connectivity index (χ4n) is 7.50. The second-order valence-electron chi connectivity index (χ2n) is 10.5. The first-order valence-electron chi connectivity index (χ1n) is 11.1. The van der Waals surface area contributed by atoms with Crippen LogP contribution in [0.3, 0.4) is 0 Å². The SMILES string of the molecule is CC(=O)OCC(=O)[C@@]1(O)[C@@H](C)C[C@H]2[C@@H]3CCC4=C(F)C(=O)C=C[C@]4(C)[C@@]3(F)[C@@H](O)C[C@@]21C. The van der Waals surface area contributed by atoms with Crippen molar-refractivity contribution in [2.75, 3.05) is 6.61 Å². The molecule has 0 radical (unpaired) electrons. The van der Waals surface area contributed by atoms with Gasteiger partial charge in [0.15, 0.2) is 18.1 Å². The molecule has 3 saturated carbocycles. The smallest absolute Gasteiger partial charge is 0.303 e. The minimum Gasteiger partial charge on any atom is -0.458 e. The highest BCUT2D eigenvalue weighted by molar-refractivity contribution is 6.04. The topological polar surface area (TPSA) is 101 Å². The molecule has 0 unspecified atom stereocenters. The average Bonchev–Trinajstić information content (AvgIpc) is 2.92.